The van der Waals surface area contributed by atoms with Crippen molar-refractivity contribution in [2.75, 3.05) is 5.32 Å². The van der Waals surface area contributed by atoms with Crippen molar-refractivity contribution in [2.45, 2.75) is 51.4 Å². The normalized spacial score (nSPS) is 19.3. The highest BCUT2D eigenvalue weighted by Gasteiger charge is 2.21. The smallest absolute Gasteiger partial charge is 0.258 e. The molecule has 1 aliphatic rings. The monoisotopic (exact) mass is 381 g/mol. The fraction of sp³-hybridized carbons (Fsp3) is 0.409. The molecule has 1 heterocycles. The lowest BCUT2D eigenvalue weighted by Gasteiger charge is -2.28. The SMILES string of the molecule is CCC[C@H]1CC[C@H](c2ccc(NC(=S)NC(=O)c3cccnc3)cc2)CC1. The van der Waals surface area contributed by atoms with Gasteiger partial charge < -0.3 is 5.32 Å². The lowest BCUT2D eigenvalue weighted by Crippen LogP contribution is -2.34. The van der Waals surface area contributed by atoms with Crippen molar-refractivity contribution in [3.05, 3.63) is 59.9 Å². The van der Waals surface area contributed by atoms with Crippen molar-refractivity contribution in [1.82, 2.24) is 10.3 Å². The number of pyridine rings is 1. The average molecular weight is 382 g/mol. The summed E-state index contributed by atoms with van der Waals surface area (Å²) >= 11 is 5.24. The first-order valence-electron chi connectivity index (χ1n) is 9.78. The number of anilines is 1. The minimum absolute atomic E-state index is 0.263. The summed E-state index contributed by atoms with van der Waals surface area (Å²) < 4.78 is 0. The summed E-state index contributed by atoms with van der Waals surface area (Å²) in [5.41, 5.74) is 2.77. The minimum Gasteiger partial charge on any atom is -0.332 e. The van der Waals surface area contributed by atoms with E-state index in [0.717, 1.165) is 11.6 Å². The standard InChI is InChI=1S/C22H27N3OS/c1-2-4-16-6-8-17(9-7-16)18-10-12-20(13-11-18)24-22(27)25-21(26)19-5-3-14-23-15-19/h3,5,10-17H,2,4,6-9H2,1H3,(H2,24,25,26,27)/t16-,17-. The maximum atomic E-state index is 12.1. The molecule has 142 valence electrons. The number of hydrogen-bond donors (Lipinski definition) is 2. The zero-order chi connectivity index (χ0) is 19.1. The number of rotatable bonds is 5. The average Bonchev–Trinajstić information content (AvgIpc) is 2.70. The highest BCUT2D eigenvalue weighted by atomic mass is 32.1. The van der Waals surface area contributed by atoms with Gasteiger partial charge in [0.2, 0.25) is 0 Å². The second kappa shape index (κ2) is 9.60. The van der Waals surface area contributed by atoms with E-state index in [2.05, 4.69) is 34.7 Å². The molecule has 2 aromatic rings. The fourth-order valence-electron chi connectivity index (χ4n) is 3.87. The molecule has 0 saturated heterocycles. The van der Waals surface area contributed by atoms with Gasteiger partial charge in [-0.2, -0.15) is 0 Å². The number of carbonyl (C=O) groups excluding carboxylic acids is 1. The van der Waals surface area contributed by atoms with E-state index in [1.54, 1.807) is 18.3 Å². The molecular weight excluding hydrogens is 354 g/mol. The summed E-state index contributed by atoms with van der Waals surface area (Å²) in [7, 11) is 0. The van der Waals surface area contributed by atoms with Crippen LogP contribution in [0, 0.1) is 5.92 Å². The van der Waals surface area contributed by atoms with E-state index >= 15 is 0 Å². The van der Waals surface area contributed by atoms with Gasteiger partial charge in [0.05, 0.1) is 5.56 Å². The number of aromatic nitrogens is 1. The van der Waals surface area contributed by atoms with Crippen molar-refractivity contribution in [2.24, 2.45) is 5.92 Å². The first-order valence-corrected chi connectivity index (χ1v) is 10.2. The molecule has 0 radical (unpaired) electrons. The molecule has 1 aliphatic carbocycles. The van der Waals surface area contributed by atoms with Crippen LogP contribution in [0.5, 0.6) is 0 Å². The lowest BCUT2D eigenvalue weighted by atomic mass is 9.77. The number of thiocarbonyl (C=S) groups is 1. The third-order valence-electron chi connectivity index (χ3n) is 5.33. The first-order chi connectivity index (χ1) is 13.2. The molecule has 0 bridgehead atoms. The van der Waals surface area contributed by atoms with Crippen LogP contribution in [0.1, 0.15) is 67.3 Å². The van der Waals surface area contributed by atoms with Gasteiger partial charge in [0.25, 0.3) is 5.91 Å². The van der Waals surface area contributed by atoms with Crippen molar-refractivity contribution in [3.8, 4) is 0 Å². The molecular formula is C22H27N3OS. The Balaban J connectivity index is 1.50. The van der Waals surface area contributed by atoms with Gasteiger partial charge in [-0.25, -0.2) is 0 Å². The zero-order valence-corrected chi connectivity index (χ0v) is 16.6. The van der Waals surface area contributed by atoms with Crippen molar-refractivity contribution in [1.29, 1.82) is 0 Å². The van der Waals surface area contributed by atoms with E-state index in [4.69, 9.17) is 12.2 Å². The maximum Gasteiger partial charge on any atom is 0.258 e. The van der Waals surface area contributed by atoms with E-state index < -0.39 is 0 Å². The van der Waals surface area contributed by atoms with Crippen LogP contribution in [-0.2, 0) is 0 Å². The van der Waals surface area contributed by atoms with Gasteiger partial charge in [-0.05, 0) is 79.6 Å². The number of benzene rings is 1. The summed E-state index contributed by atoms with van der Waals surface area (Å²) in [6, 6.07) is 11.9. The topological polar surface area (TPSA) is 54.0 Å². The molecule has 1 aromatic carbocycles. The van der Waals surface area contributed by atoms with Crippen LogP contribution in [0.25, 0.3) is 0 Å². The molecule has 0 spiro atoms. The lowest BCUT2D eigenvalue weighted by molar-refractivity contribution is 0.0977. The van der Waals surface area contributed by atoms with Gasteiger partial charge in [0.15, 0.2) is 5.11 Å². The predicted octanol–water partition coefficient (Wildman–Crippen LogP) is 5.28. The number of nitrogens with one attached hydrogen (secondary N) is 2. The second-order valence-electron chi connectivity index (χ2n) is 7.28. The van der Waals surface area contributed by atoms with E-state index in [0.29, 0.717) is 11.5 Å². The Kier molecular flexibility index (Phi) is 6.93. The molecule has 0 atom stereocenters. The molecule has 1 saturated carbocycles. The van der Waals surface area contributed by atoms with Crippen molar-refractivity contribution < 1.29 is 4.79 Å². The highest BCUT2D eigenvalue weighted by Crippen LogP contribution is 2.37. The van der Waals surface area contributed by atoms with Crippen LogP contribution < -0.4 is 10.6 Å². The van der Waals surface area contributed by atoms with Crippen LogP contribution in [0.15, 0.2) is 48.8 Å². The summed E-state index contributed by atoms with van der Waals surface area (Å²) in [5.74, 6) is 1.33. The third kappa shape index (κ3) is 5.60. The predicted molar refractivity (Wildman–Crippen MR) is 114 cm³/mol. The molecule has 1 fully saturated rings. The van der Waals surface area contributed by atoms with Gasteiger partial charge in [-0.3, -0.25) is 15.1 Å². The summed E-state index contributed by atoms with van der Waals surface area (Å²) in [6.45, 7) is 2.28. The molecule has 0 aliphatic heterocycles. The summed E-state index contributed by atoms with van der Waals surface area (Å²) in [5, 5.41) is 6.05. The Morgan fingerprint density at radius 2 is 1.89 bits per heavy atom. The third-order valence-corrected chi connectivity index (χ3v) is 5.54. The van der Waals surface area contributed by atoms with Crippen molar-refractivity contribution >= 4 is 28.9 Å². The van der Waals surface area contributed by atoms with Gasteiger partial charge in [-0.15, -0.1) is 0 Å². The van der Waals surface area contributed by atoms with Crippen LogP contribution >= 0.6 is 12.2 Å². The van der Waals surface area contributed by atoms with Gasteiger partial charge in [0.1, 0.15) is 0 Å². The Bertz CT molecular complexity index is 753. The number of amides is 1. The molecule has 0 unspecified atom stereocenters. The highest BCUT2D eigenvalue weighted by molar-refractivity contribution is 7.80. The van der Waals surface area contributed by atoms with E-state index in [1.165, 1.54) is 50.3 Å². The fourth-order valence-corrected chi connectivity index (χ4v) is 4.08. The summed E-state index contributed by atoms with van der Waals surface area (Å²) in [6.07, 6.45) is 11.1. The Morgan fingerprint density at radius 3 is 2.52 bits per heavy atom. The van der Waals surface area contributed by atoms with Crippen LogP contribution in [0.2, 0.25) is 0 Å². The minimum atomic E-state index is -0.263. The number of hydrogen-bond acceptors (Lipinski definition) is 3. The van der Waals surface area contributed by atoms with Crippen LogP contribution in [-0.4, -0.2) is 16.0 Å². The van der Waals surface area contributed by atoms with Gasteiger partial charge in [-0.1, -0.05) is 31.9 Å². The molecule has 2 N–H and O–H groups in total. The molecule has 3 rings (SSSR count). The molecule has 1 amide bonds. The quantitative estimate of drug-likeness (QED) is 0.692. The number of nitrogens with zero attached hydrogens (tertiary/aromatic N) is 1. The largest absolute Gasteiger partial charge is 0.332 e. The summed E-state index contributed by atoms with van der Waals surface area (Å²) in [4.78, 5) is 16.0. The Labute approximate surface area is 166 Å². The molecule has 1 aromatic heterocycles. The second-order valence-corrected chi connectivity index (χ2v) is 7.69. The van der Waals surface area contributed by atoms with Gasteiger partial charge in [0, 0.05) is 18.1 Å². The Hall–Kier alpha value is -2.27. The zero-order valence-electron chi connectivity index (χ0n) is 15.8. The van der Waals surface area contributed by atoms with Crippen molar-refractivity contribution in [3.63, 3.8) is 0 Å². The maximum absolute atomic E-state index is 12.1. The van der Waals surface area contributed by atoms with E-state index in [1.807, 2.05) is 12.1 Å². The van der Waals surface area contributed by atoms with Crippen LogP contribution in [0.4, 0.5) is 5.69 Å². The molecule has 4 nitrogen and oxygen atoms in total. The molecule has 5 heteroatoms. The molecule has 27 heavy (non-hydrogen) atoms. The first kappa shape index (κ1) is 19.5. The Morgan fingerprint density at radius 1 is 1.15 bits per heavy atom. The number of carbonyl (C=O) groups is 1. The van der Waals surface area contributed by atoms with Crippen LogP contribution in [0.3, 0.4) is 0 Å². The van der Waals surface area contributed by atoms with Gasteiger partial charge >= 0.3 is 0 Å². The van der Waals surface area contributed by atoms with E-state index in [-0.39, 0.29) is 11.0 Å². The van der Waals surface area contributed by atoms with E-state index in [9.17, 15) is 4.79 Å².